The van der Waals surface area contributed by atoms with Gasteiger partial charge < -0.3 is 19.9 Å². The molecule has 1 aromatic rings. The van der Waals surface area contributed by atoms with E-state index in [0.29, 0.717) is 12.6 Å². The first kappa shape index (κ1) is 22.2. The number of ether oxygens (including phenoxy) is 2. The fraction of sp³-hybridized carbons (Fsp3) is 0.767. The van der Waals surface area contributed by atoms with E-state index in [-0.39, 0.29) is 40.4 Å². The zero-order chi connectivity index (χ0) is 24.3. The molecule has 1 amide bonds. The van der Waals surface area contributed by atoms with Gasteiger partial charge in [-0.3, -0.25) is 9.69 Å². The van der Waals surface area contributed by atoms with Crippen LogP contribution >= 0.6 is 0 Å². The number of carbonyl (C=O) groups excluding carboxylic acids is 1. The van der Waals surface area contributed by atoms with E-state index >= 15 is 0 Å². The highest BCUT2D eigenvalue weighted by atomic mass is 16.6. The number of hydrogen-bond acceptors (Lipinski definition) is 5. The monoisotopic (exact) mass is 492 g/mol. The van der Waals surface area contributed by atoms with Crippen LogP contribution in [0.3, 0.4) is 0 Å². The molecule has 2 N–H and O–H groups in total. The van der Waals surface area contributed by atoms with Crippen LogP contribution in [0.5, 0.6) is 11.5 Å². The molecule has 9 rings (SSSR count). The largest absolute Gasteiger partial charge is 0.504 e. The van der Waals surface area contributed by atoms with E-state index in [2.05, 4.69) is 16.3 Å². The topological polar surface area (TPSA) is 71.0 Å². The van der Waals surface area contributed by atoms with Gasteiger partial charge in [-0.25, -0.2) is 0 Å². The Kier molecular flexibility index (Phi) is 4.57. The van der Waals surface area contributed by atoms with E-state index in [1.165, 1.54) is 43.4 Å². The number of phenolic OH excluding ortho intramolecular Hbond substituents is 1. The number of methoxy groups -OCH3 is 1. The molecule has 0 radical (unpaired) electrons. The molecule has 194 valence electrons. The van der Waals surface area contributed by atoms with Gasteiger partial charge in [-0.2, -0.15) is 0 Å². The van der Waals surface area contributed by atoms with E-state index < -0.39 is 5.60 Å². The second-order valence-electron chi connectivity index (χ2n) is 13.3. The fourth-order valence-electron chi connectivity index (χ4n) is 10.3. The molecule has 4 bridgehead atoms. The molecule has 6 atom stereocenters. The summed E-state index contributed by atoms with van der Waals surface area (Å²) in [6, 6.07) is 4.52. The van der Waals surface area contributed by atoms with Crippen LogP contribution in [0.25, 0.3) is 0 Å². The minimum absolute atomic E-state index is 0.0976. The lowest BCUT2D eigenvalue weighted by Gasteiger charge is -2.74. The van der Waals surface area contributed by atoms with Crippen molar-refractivity contribution in [1.82, 2.24) is 10.2 Å². The van der Waals surface area contributed by atoms with Crippen molar-refractivity contribution in [3.63, 3.8) is 0 Å². The first-order chi connectivity index (χ1) is 17.5. The summed E-state index contributed by atoms with van der Waals surface area (Å²) in [5, 5.41) is 14.4. The van der Waals surface area contributed by atoms with Crippen molar-refractivity contribution < 1.29 is 19.4 Å². The number of nitrogens with one attached hydrogen (secondary N) is 1. The summed E-state index contributed by atoms with van der Waals surface area (Å²) in [5.41, 5.74) is 2.27. The van der Waals surface area contributed by atoms with E-state index in [1.54, 1.807) is 0 Å². The zero-order valence-corrected chi connectivity index (χ0v) is 21.6. The zero-order valence-electron chi connectivity index (χ0n) is 21.6. The number of carbonyl (C=O) groups is 1. The maximum atomic E-state index is 13.0. The molecular formula is C30H40N2O4. The van der Waals surface area contributed by atoms with Gasteiger partial charge >= 0.3 is 0 Å². The summed E-state index contributed by atoms with van der Waals surface area (Å²) in [7, 11) is 1.86. The molecule has 2 aliphatic heterocycles. The Morgan fingerprint density at radius 1 is 1.19 bits per heavy atom. The fourth-order valence-corrected chi connectivity index (χ4v) is 10.3. The second kappa shape index (κ2) is 7.41. The third-order valence-electron chi connectivity index (χ3n) is 12.1. The molecule has 6 aliphatic carbocycles. The van der Waals surface area contributed by atoms with Crippen LogP contribution in [0.2, 0.25) is 0 Å². The summed E-state index contributed by atoms with van der Waals surface area (Å²) in [6.45, 7) is 3.01. The maximum Gasteiger partial charge on any atom is 0.223 e. The molecule has 36 heavy (non-hydrogen) atoms. The van der Waals surface area contributed by atoms with Crippen LogP contribution in [0.4, 0.5) is 0 Å². The number of rotatable bonds is 6. The van der Waals surface area contributed by atoms with E-state index in [4.69, 9.17) is 9.47 Å². The average Bonchev–Trinajstić information content (AvgIpc) is 3.37. The summed E-state index contributed by atoms with van der Waals surface area (Å²) in [6.07, 6.45) is 12.4. The van der Waals surface area contributed by atoms with Crippen molar-refractivity contribution in [2.45, 2.75) is 93.8 Å². The van der Waals surface area contributed by atoms with Crippen molar-refractivity contribution >= 4 is 5.91 Å². The van der Waals surface area contributed by atoms with Gasteiger partial charge in [-0.1, -0.05) is 18.9 Å². The molecule has 0 aromatic heterocycles. The van der Waals surface area contributed by atoms with Crippen LogP contribution in [-0.2, 0) is 21.4 Å². The van der Waals surface area contributed by atoms with Gasteiger partial charge in [0, 0.05) is 54.5 Å². The molecule has 5 saturated carbocycles. The smallest absolute Gasteiger partial charge is 0.223 e. The predicted molar refractivity (Wildman–Crippen MR) is 135 cm³/mol. The second-order valence-corrected chi connectivity index (χ2v) is 13.3. The number of piperidine rings is 1. The minimum atomic E-state index is -0.437. The summed E-state index contributed by atoms with van der Waals surface area (Å²) in [5.74, 6) is 2.53. The predicted octanol–water partition coefficient (Wildman–Crippen LogP) is 3.92. The Bertz CT molecular complexity index is 1110. The molecule has 6 heteroatoms. The van der Waals surface area contributed by atoms with Crippen LogP contribution < -0.4 is 10.1 Å². The van der Waals surface area contributed by atoms with Gasteiger partial charge in [0.15, 0.2) is 11.5 Å². The molecule has 2 heterocycles. The Hall–Kier alpha value is -1.79. The minimum Gasteiger partial charge on any atom is -0.504 e. The summed E-state index contributed by atoms with van der Waals surface area (Å²) < 4.78 is 13.4. The Morgan fingerprint density at radius 3 is 2.81 bits per heavy atom. The highest BCUT2D eigenvalue weighted by Crippen LogP contribution is 2.76. The Labute approximate surface area is 214 Å². The standard InChI is InChI=1S/C30H40N2O4/c1-35-30-11-10-28(15-21(30)16-31-26(34)19-4-2-3-5-19)23-14-20-8-9-22(33)25-24(20)29(28,27(30)36-25)12-13-32(23)17-18-6-7-18/h8-9,18-19,21,23,27,33H,2-7,10-17H2,1H3,(H,31,34)/t21-,23-,27-,28-,29+,30-/m1/s1. The highest BCUT2D eigenvalue weighted by molar-refractivity contribution is 5.78. The SMILES string of the molecule is CO[C@]12CC[C@@]3(C[C@@H]1CNC(=O)C1CCCC1)[C@H]1Cc4ccc(O)c5c4[C@@]3(CCN1CC1CC1)[C@H]2O5. The first-order valence-corrected chi connectivity index (χ1v) is 14.6. The van der Waals surface area contributed by atoms with Gasteiger partial charge in [0.2, 0.25) is 5.91 Å². The third kappa shape index (κ3) is 2.58. The van der Waals surface area contributed by atoms with E-state index in [9.17, 15) is 9.90 Å². The van der Waals surface area contributed by atoms with Crippen LogP contribution in [0, 0.1) is 23.2 Å². The molecule has 1 aromatic carbocycles. The van der Waals surface area contributed by atoms with Crippen LogP contribution in [0.15, 0.2) is 12.1 Å². The van der Waals surface area contributed by atoms with Crippen molar-refractivity contribution in [2.75, 3.05) is 26.7 Å². The lowest BCUT2D eigenvalue weighted by atomic mass is 9.35. The lowest BCUT2D eigenvalue weighted by Crippen LogP contribution is -2.81. The van der Waals surface area contributed by atoms with Crippen molar-refractivity contribution in [1.29, 1.82) is 0 Å². The molecule has 1 saturated heterocycles. The molecule has 2 spiro atoms. The molecular weight excluding hydrogens is 452 g/mol. The van der Waals surface area contributed by atoms with Gasteiger partial charge in [0.25, 0.3) is 0 Å². The third-order valence-corrected chi connectivity index (χ3v) is 12.1. The van der Waals surface area contributed by atoms with Crippen molar-refractivity contribution in [2.24, 2.45) is 23.2 Å². The number of hydrogen-bond donors (Lipinski definition) is 2. The number of benzene rings is 1. The summed E-state index contributed by atoms with van der Waals surface area (Å²) >= 11 is 0. The summed E-state index contributed by atoms with van der Waals surface area (Å²) in [4.78, 5) is 15.9. The quantitative estimate of drug-likeness (QED) is 0.630. The Morgan fingerprint density at radius 2 is 2.03 bits per heavy atom. The van der Waals surface area contributed by atoms with Crippen molar-refractivity contribution in [3.05, 3.63) is 23.3 Å². The average molecular weight is 493 g/mol. The first-order valence-electron chi connectivity index (χ1n) is 14.6. The number of aromatic hydroxyl groups is 1. The molecule has 6 fully saturated rings. The number of nitrogens with zero attached hydrogens (tertiary/aromatic N) is 1. The molecule has 0 unspecified atom stereocenters. The number of phenols is 1. The highest BCUT2D eigenvalue weighted by Gasteiger charge is 2.80. The van der Waals surface area contributed by atoms with Crippen molar-refractivity contribution in [3.8, 4) is 11.5 Å². The van der Waals surface area contributed by atoms with Crippen LogP contribution in [-0.4, -0.2) is 60.4 Å². The van der Waals surface area contributed by atoms with E-state index in [0.717, 1.165) is 63.2 Å². The maximum absolute atomic E-state index is 13.0. The number of likely N-dealkylation sites (tertiary alicyclic amines) is 1. The Balaban J connectivity index is 1.22. The normalized spacial score (nSPS) is 42.3. The van der Waals surface area contributed by atoms with Gasteiger partial charge in [-0.05, 0) is 81.9 Å². The van der Waals surface area contributed by atoms with Crippen LogP contribution in [0.1, 0.15) is 75.3 Å². The van der Waals surface area contributed by atoms with E-state index in [1.807, 2.05) is 13.2 Å². The lowest BCUT2D eigenvalue weighted by molar-refractivity contribution is -0.276. The number of fused-ring (bicyclic) bond motifs is 2. The van der Waals surface area contributed by atoms with Gasteiger partial charge in [0.1, 0.15) is 11.7 Å². The molecule has 8 aliphatic rings. The molecule has 6 nitrogen and oxygen atoms in total. The number of amides is 1. The van der Waals surface area contributed by atoms with Gasteiger partial charge in [-0.15, -0.1) is 0 Å². The van der Waals surface area contributed by atoms with Gasteiger partial charge in [0.05, 0.1) is 0 Å².